The highest BCUT2D eigenvalue weighted by molar-refractivity contribution is 7.18. The van der Waals surface area contributed by atoms with Gasteiger partial charge in [-0.05, 0) is 56.7 Å². The highest BCUT2D eigenvalue weighted by Crippen LogP contribution is 2.35. The van der Waals surface area contributed by atoms with Crippen molar-refractivity contribution in [2.75, 3.05) is 11.9 Å². The standard InChI is InChI=1S/C18H18N2O3S2/c1-3-23-18(22)15-10(2)12(9-19)17(25-15)20-16(21)14-8-11-6-4-5-7-13(11)24-14/h8H,3-7H2,1-2H3,(H,20,21). The van der Waals surface area contributed by atoms with Crippen LogP contribution in [0, 0.1) is 18.3 Å². The average Bonchev–Trinajstić information content (AvgIpc) is 3.16. The summed E-state index contributed by atoms with van der Waals surface area (Å²) in [5.41, 5.74) is 2.13. The fraction of sp³-hybridized carbons (Fsp3) is 0.389. The molecule has 1 N–H and O–H groups in total. The highest BCUT2D eigenvalue weighted by atomic mass is 32.1. The fourth-order valence-corrected chi connectivity index (χ4v) is 5.09. The van der Waals surface area contributed by atoms with E-state index in [-0.39, 0.29) is 12.5 Å². The molecule has 1 amide bonds. The molecular weight excluding hydrogens is 356 g/mol. The molecule has 1 aliphatic carbocycles. The molecule has 0 saturated carbocycles. The van der Waals surface area contributed by atoms with Crippen LogP contribution in [0.5, 0.6) is 0 Å². The Labute approximate surface area is 154 Å². The number of esters is 1. The largest absolute Gasteiger partial charge is 0.462 e. The molecule has 0 fully saturated rings. The second-order valence-corrected chi connectivity index (χ2v) is 7.97. The lowest BCUT2D eigenvalue weighted by Crippen LogP contribution is -2.10. The van der Waals surface area contributed by atoms with Crippen molar-refractivity contribution in [3.8, 4) is 6.07 Å². The van der Waals surface area contributed by atoms with Crippen LogP contribution in [0.1, 0.15) is 60.7 Å². The zero-order valence-electron chi connectivity index (χ0n) is 14.1. The van der Waals surface area contributed by atoms with Crippen LogP contribution in [0.3, 0.4) is 0 Å². The molecule has 2 heterocycles. The van der Waals surface area contributed by atoms with Gasteiger partial charge in [-0.25, -0.2) is 4.79 Å². The third kappa shape index (κ3) is 3.46. The lowest BCUT2D eigenvalue weighted by molar-refractivity contribution is 0.0531. The average molecular weight is 374 g/mol. The first-order valence-corrected chi connectivity index (χ1v) is 9.82. The Morgan fingerprint density at radius 3 is 2.76 bits per heavy atom. The predicted molar refractivity (Wildman–Crippen MR) is 98.6 cm³/mol. The van der Waals surface area contributed by atoms with Gasteiger partial charge in [0.25, 0.3) is 5.91 Å². The summed E-state index contributed by atoms with van der Waals surface area (Å²) in [7, 11) is 0. The number of anilines is 1. The van der Waals surface area contributed by atoms with Crippen molar-refractivity contribution in [1.29, 1.82) is 5.26 Å². The van der Waals surface area contributed by atoms with Gasteiger partial charge in [0, 0.05) is 4.88 Å². The van der Waals surface area contributed by atoms with Crippen molar-refractivity contribution >= 4 is 39.6 Å². The smallest absolute Gasteiger partial charge is 0.348 e. The number of aryl methyl sites for hydroxylation is 2. The summed E-state index contributed by atoms with van der Waals surface area (Å²) in [5, 5.41) is 12.6. The molecule has 0 aromatic carbocycles. The highest BCUT2D eigenvalue weighted by Gasteiger charge is 2.24. The van der Waals surface area contributed by atoms with Gasteiger partial charge >= 0.3 is 5.97 Å². The molecule has 0 bridgehead atoms. The summed E-state index contributed by atoms with van der Waals surface area (Å²) in [5.74, 6) is -0.693. The summed E-state index contributed by atoms with van der Waals surface area (Å²) in [6.07, 6.45) is 4.38. The SMILES string of the molecule is CCOC(=O)c1sc(NC(=O)c2cc3c(s2)CCCC3)c(C#N)c1C. The molecule has 0 aliphatic heterocycles. The van der Waals surface area contributed by atoms with Crippen LogP contribution in [-0.4, -0.2) is 18.5 Å². The number of carbonyl (C=O) groups is 2. The van der Waals surface area contributed by atoms with Gasteiger partial charge in [0.15, 0.2) is 0 Å². The minimum absolute atomic E-state index is 0.229. The summed E-state index contributed by atoms with van der Waals surface area (Å²) in [6, 6.07) is 4.03. The third-order valence-corrected chi connectivity index (χ3v) is 6.59. The number of carbonyl (C=O) groups excluding carboxylic acids is 2. The second-order valence-electron chi connectivity index (χ2n) is 5.81. The van der Waals surface area contributed by atoms with E-state index >= 15 is 0 Å². The molecule has 0 radical (unpaired) electrons. The molecule has 2 aromatic heterocycles. The molecule has 7 heteroatoms. The molecular formula is C18H18N2O3S2. The van der Waals surface area contributed by atoms with Gasteiger partial charge in [-0.3, -0.25) is 4.79 Å². The molecule has 0 atom stereocenters. The van der Waals surface area contributed by atoms with Gasteiger partial charge < -0.3 is 10.1 Å². The third-order valence-electron chi connectivity index (χ3n) is 4.17. The van der Waals surface area contributed by atoms with E-state index in [0.29, 0.717) is 25.9 Å². The van der Waals surface area contributed by atoms with E-state index in [1.165, 1.54) is 28.2 Å². The Kier molecular flexibility index (Phi) is 5.21. The maximum absolute atomic E-state index is 12.6. The number of fused-ring (bicyclic) bond motifs is 1. The van der Waals surface area contributed by atoms with E-state index in [2.05, 4.69) is 11.4 Å². The van der Waals surface area contributed by atoms with Crippen molar-refractivity contribution < 1.29 is 14.3 Å². The maximum atomic E-state index is 12.6. The van der Waals surface area contributed by atoms with Gasteiger partial charge in [0.1, 0.15) is 15.9 Å². The van der Waals surface area contributed by atoms with Crippen molar-refractivity contribution in [3.63, 3.8) is 0 Å². The van der Waals surface area contributed by atoms with E-state index < -0.39 is 5.97 Å². The summed E-state index contributed by atoms with van der Waals surface area (Å²) in [6.45, 7) is 3.69. The van der Waals surface area contributed by atoms with E-state index in [4.69, 9.17) is 4.74 Å². The Hall–Kier alpha value is -2.17. The van der Waals surface area contributed by atoms with Crippen LogP contribution in [-0.2, 0) is 17.6 Å². The number of thiophene rings is 2. The van der Waals surface area contributed by atoms with Crippen molar-refractivity contribution in [3.05, 3.63) is 37.4 Å². The molecule has 130 valence electrons. The summed E-state index contributed by atoms with van der Waals surface area (Å²) in [4.78, 5) is 26.9. The normalized spacial score (nSPS) is 13.0. The number of hydrogen-bond acceptors (Lipinski definition) is 6. The van der Waals surface area contributed by atoms with Crippen LogP contribution in [0.2, 0.25) is 0 Å². The predicted octanol–water partition coefficient (Wildman–Crippen LogP) is 4.30. The number of rotatable bonds is 4. The van der Waals surface area contributed by atoms with Gasteiger partial charge in [-0.15, -0.1) is 22.7 Å². The Morgan fingerprint density at radius 1 is 1.32 bits per heavy atom. The topological polar surface area (TPSA) is 79.2 Å². The maximum Gasteiger partial charge on any atom is 0.348 e. The van der Waals surface area contributed by atoms with Gasteiger partial charge in [0.05, 0.1) is 17.0 Å². The molecule has 2 aromatic rings. The van der Waals surface area contributed by atoms with E-state index in [0.717, 1.165) is 30.6 Å². The second kappa shape index (κ2) is 7.38. The number of ether oxygens (including phenoxy) is 1. The first kappa shape index (κ1) is 17.6. The molecule has 25 heavy (non-hydrogen) atoms. The Bertz CT molecular complexity index is 850. The molecule has 1 aliphatic rings. The van der Waals surface area contributed by atoms with Crippen molar-refractivity contribution in [1.82, 2.24) is 0 Å². The number of nitriles is 1. The molecule has 5 nitrogen and oxygen atoms in total. The quantitative estimate of drug-likeness (QED) is 0.809. The van der Waals surface area contributed by atoms with Crippen molar-refractivity contribution in [2.24, 2.45) is 0 Å². The lowest BCUT2D eigenvalue weighted by atomic mass is 9.99. The van der Waals surface area contributed by atoms with Crippen LogP contribution in [0.4, 0.5) is 5.00 Å². The van der Waals surface area contributed by atoms with Gasteiger partial charge in [0.2, 0.25) is 0 Å². The van der Waals surface area contributed by atoms with Crippen LogP contribution >= 0.6 is 22.7 Å². The number of nitrogens with one attached hydrogen (secondary N) is 1. The first-order valence-electron chi connectivity index (χ1n) is 8.18. The van der Waals surface area contributed by atoms with Gasteiger partial charge in [-0.2, -0.15) is 5.26 Å². The molecule has 0 unspecified atom stereocenters. The minimum atomic E-state index is -0.464. The number of amides is 1. The van der Waals surface area contributed by atoms with E-state index in [1.54, 1.807) is 13.8 Å². The summed E-state index contributed by atoms with van der Waals surface area (Å²) < 4.78 is 5.02. The van der Waals surface area contributed by atoms with E-state index in [1.807, 2.05) is 6.07 Å². The lowest BCUT2D eigenvalue weighted by Gasteiger charge is -2.08. The van der Waals surface area contributed by atoms with Crippen LogP contribution in [0.15, 0.2) is 6.07 Å². The number of nitrogens with zero attached hydrogens (tertiary/aromatic N) is 1. The molecule has 0 spiro atoms. The van der Waals surface area contributed by atoms with E-state index in [9.17, 15) is 14.9 Å². The zero-order chi connectivity index (χ0) is 18.0. The zero-order valence-corrected chi connectivity index (χ0v) is 15.7. The minimum Gasteiger partial charge on any atom is -0.462 e. The van der Waals surface area contributed by atoms with Crippen molar-refractivity contribution in [2.45, 2.75) is 39.5 Å². The van der Waals surface area contributed by atoms with Crippen LogP contribution in [0.25, 0.3) is 0 Å². The Morgan fingerprint density at radius 2 is 2.08 bits per heavy atom. The molecule has 3 rings (SSSR count). The first-order chi connectivity index (χ1) is 12.0. The van der Waals surface area contributed by atoms with Gasteiger partial charge in [-0.1, -0.05) is 0 Å². The van der Waals surface area contributed by atoms with Crippen LogP contribution < -0.4 is 5.32 Å². The fourth-order valence-electron chi connectivity index (χ4n) is 2.89. The number of hydrogen-bond donors (Lipinski definition) is 1. The molecule has 0 saturated heterocycles. The summed E-state index contributed by atoms with van der Waals surface area (Å²) >= 11 is 2.61. The Balaban J connectivity index is 1.86. The monoisotopic (exact) mass is 374 g/mol.